The Morgan fingerprint density at radius 3 is 2.75 bits per heavy atom. The molecule has 7 nitrogen and oxygen atoms in total. The summed E-state index contributed by atoms with van der Waals surface area (Å²) in [4.78, 5) is 19.7. The van der Waals surface area contributed by atoms with E-state index in [4.69, 9.17) is 15.2 Å². The molecule has 0 spiro atoms. The van der Waals surface area contributed by atoms with Crippen LogP contribution in [0.2, 0.25) is 0 Å². The van der Waals surface area contributed by atoms with Gasteiger partial charge in [-0.3, -0.25) is 4.98 Å². The largest absolute Gasteiger partial charge is 0.481 e. The quantitative estimate of drug-likeness (QED) is 0.887. The molecule has 0 saturated heterocycles. The number of primary amides is 1. The fourth-order valence-corrected chi connectivity index (χ4v) is 1.94. The number of nitrogens with one attached hydrogen (secondary N) is 1. The number of amides is 2. The summed E-state index contributed by atoms with van der Waals surface area (Å²) < 4.78 is 10.5. The molecular weight excluding hydrogens is 260 g/mol. The summed E-state index contributed by atoms with van der Waals surface area (Å²) >= 11 is 0. The molecule has 1 unspecified atom stereocenters. The third-order valence-corrected chi connectivity index (χ3v) is 2.95. The number of carbonyl (C=O) groups excluding carboxylic acids is 1. The molecule has 1 atom stereocenters. The monoisotopic (exact) mass is 276 g/mol. The summed E-state index contributed by atoms with van der Waals surface area (Å²) in [6.45, 7) is 1.85. The first kappa shape index (κ1) is 14.0. The number of ether oxygens (including phenoxy) is 2. The van der Waals surface area contributed by atoms with Crippen LogP contribution < -0.4 is 15.8 Å². The molecule has 0 radical (unpaired) electrons. The Hall–Kier alpha value is -2.41. The van der Waals surface area contributed by atoms with Crippen molar-refractivity contribution in [3.05, 3.63) is 23.9 Å². The van der Waals surface area contributed by atoms with Crippen molar-refractivity contribution in [3.63, 3.8) is 0 Å². The Bertz CT molecular complexity index is 645. The number of hydrogen-bond donors (Lipinski definition) is 2. The summed E-state index contributed by atoms with van der Waals surface area (Å²) in [6, 6.07) is 2.84. The number of urea groups is 1. The van der Waals surface area contributed by atoms with E-state index in [2.05, 4.69) is 15.3 Å². The molecule has 2 rings (SSSR count). The second-order valence-corrected chi connectivity index (χ2v) is 4.17. The van der Waals surface area contributed by atoms with Crippen molar-refractivity contribution in [2.45, 2.75) is 13.0 Å². The van der Waals surface area contributed by atoms with Crippen molar-refractivity contribution in [2.24, 2.45) is 5.73 Å². The van der Waals surface area contributed by atoms with Crippen LogP contribution in [0.1, 0.15) is 18.6 Å². The van der Waals surface area contributed by atoms with Gasteiger partial charge in [0.25, 0.3) is 0 Å². The molecule has 0 aliphatic carbocycles. The Morgan fingerprint density at radius 1 is 1.40 bits per heavy atom. The van der Waals surface area contributed by atoms with Crippen molar-refractivity contribution >= 4 is 22.8 Å². The molecular formula is C13H16N4O3. The molecule has 2 aromatic rings. The molecule has 20 heavy (non-hydrogen) atoms. The number of methoxy groups -OCH3 is 2. The zero-order valence-electron chi connectivity index (χ0n) is 11.5. The lowest BCUT2D eigenvalue weighted by Crippen LogP contribution is -2.21. The Kier molecular flexibility index (Phi) is 3.99. The fraction of sp³-hybridized carbons (Fsp3) is 0.308. The van der Waals surface area contributed by atoms with Crippen LogP contribution in [0.3, 0.4) is 0 Å². The maximum Gasteiger partial charge on any atom is 0.316 e. The first-order valence-electron chi connectivity index (χ1n) is 5.99. The van der Waals surface area contributed by atoms with Crippen LogP contribution >= 0.6 is 0 Å². The number of nitrogens with zero attached hydrogens (tertiary/aromatic N) is 2. The number of fused-ring (bicyclic) bond motifs is 1. The second kappa shape index (κ2) is 5.70. The highest BCUT2D eigenvalue weighted by Gasteiger charge is 2.18. The molecule has 3 N–H and O–H groups in total. The van der Waals surface area contributed by atoms with Gasteiger partial charge in [-0.2, -0.15) is 0 Å². The summed E-state index contributed by atoms with van der Waals surface area (Å²) in [7, 11) is 3.11. The van der Waals surface area contributed by atoms with Gasteiger partial charge in [0, 0.05) is 18.7 Å². The van der Waals surface area contributed by atoms with E-state index in [9.17, 15) is 4.79 Å². The predicted octanol–water partition coefficient (Wildman–Crippen LogP) is 1.84. The molecule has 2 heterocycles. The minimum absolute atomic E-state index is 0.290. The lowest BCUT2D eigenvalue weighted by molar-refractivity contribution is 0.121. The zero-order chi connectivity index (χ0) is 14.7. The van der Waals surface area contributed by atoms with E-state index in [1.807, 2.05) is 6.92 Å². The van der Waals surface area contributed by atoms with Gasteiger partial charge in [0.15, 0.2) is 0 Å². The molecule has 2 aromatic heterocycles. The van der Waals surface area contributed by atoms with E-state index < -0.39 is 6.03 Å². The highest BCUT2D eigenvalue weighted by Crippen LogP contribution is 2.31. The first-order chi connectivity index (χ1) is 9.56. The van der Waals surface area contributed by atoms with Crippen LogP contribution in [0.15, 0.2) is 18.3 Å². The summed E-state index contributed by atoms with van der Waals surface area (Å²) in [5, 5.41) is 2.53. The average Bonchev–Trinajstić information content (AvgIpc) is 2.45. The van der Waals surface area contributed by atoms with Crippen LogP contribution in [-0.2, 0) is 4.74 Å². The predicted molar refractivity (Wildman–Crippen MR) is 74.7 cm³/mol. The SMILES string of the molecule is COc1ccc2ncc(NC(N)=O)c(C(C)OC)c2n1. The Morgan fingerprint density at radius 2 is 2.15 bits per heavy atom. The summed E-state index contributed by atoms with van der Waals surface area (Å²) in [6.07, 6.45) is 1.24. The number of rotatable bonds is 4. The van der Waals surface area contributed by atoms with E-state index in [-0.39, 0.29) is 6.10 Å². The minimum atomic E-state index is -0.668. The van der Waals surface area contributed by atoms with Crippen LogP contribution in [0.5, 0.6) is 5.88 Å². The molecule has 0 aromatic carbocycles. The van der Waals surface area contributed by atoms with Gasteiger partial charge in [0.1, 0.15) is 5.52 Å². The van der Waals surface area contributed by atoms with Gasteiger partial charge in [0.2, 0.25) is 5.88 Å². The smallest absolute Gasteiger partial charge is 0.316 e. The standard InChI is InChI=1S/C13H16N4O3/c1-7(19-2)11-9(16-13(14)18)6-15-8-4-5-10(20-3)17-12(8)11/h4-7H,1-3H3,(H3,14,16,18). The molecule has 7 heteroatoms. The summed E-state index contributed by atoms with van der Waals surface area (Å²) in [5.41, 5.74) is 7.63. The number of nitrogens with two attached hydrogens (primary N) is 1. The summed E-state index contributed by atoms with van der Waals surface area (Å²) in [5.74, 6) is 0.458. The molecule has 0 bridgehead atoms. The van der Waals surface area contributed by atoms with E-state index >= 15 is 0 Å². The average molecular weight is 276 g/mol. The van der Waals surface area contributed by atoms with Gasteiger partial charge < -0.3 is 20.5 Å². The van der Waals surface area contributed by atoms with E-state index in [0.29, 0.717) is 28.2 Å². The first-order valence-corrected chi connectivity index (χ1v) is 5.99. The fourth-order valence-electron chi connectivity index (χ4n) is 1.94. The minimum Gasteiger partial charge on any atom is -0.481 e. The topological polar surface area (TPSA) is 99.4 Å². The second-order valence-electron chi connectivity index (χ2n) is 4.17. The third kappa shape index (κ3) is 2.62. The molecule has 106 valence electrons. The van der Waals surface area contributed by atoms with Crippen molar-refractivity contribution in [1.29, 1.82) is 0 Å². The van der Waals surface area contributed by atoms with Gasteiger partial charge in [-0.15, -0.1) is 0 Å². The van der Waals surface area contributed by atoms with Gasteiger partial charge in [-0.25, -0.2) is 9.78 Å². The lowest BCUT2D eigenvalue weighted by Gasteiger charge is -2.17. The highest BCUT2D eigenvalue weighted by molar-refractivity contribution is 5.93. The molecule has 0 saturated carbocycles. The van der Waals surface area contributed by atoms with Gasteiger partial charge in [-0.1, -0.05) is 0 Å². The number of anilines is 1. The van der Waals surface area contributed by atoms with Gasteiger partial charge >= 0.3 is 6.03 Å². The van der Waals surface area contributed by atoms with Crippen LogP contribution in [-0.4, -0.2) is 30.2 Å². The van der Waals surface area contributed by atoms with Crippen molar-refractivity contribution in [3.8, 4) is 5.88 Å². The van der Waals surface area contributed by atoms with Crippen molar-refractivity contribution in [1.82, 2.24) is 9.97 Å². The Labute approximate surface area is 116 Å². The number of carbonyl (C=O) groups is 1. The molecule has 2 amide bonds. The highest BCUT2D eigenvalue weighted by atomic mass is 16.5. The molecule has 0 fully saturated rings. The van der Waals surface area contributed by atoms with E-state index in [1.54, 1.807) is 19.2 Å². The third-order valence-electron chi connectivity index (χ3n) is 2.95. The van der Waals surface area contributed by atoms with E-state index in [1.165, 1.54) is 13.3 Å². The van der Waals surface area contributed by atoms with Crippen molar-refractivity contribution in [2.75, 3.05) is 19.5 Å². The maximum absolute atomic E-state index is 11.1. The normalized spacial score (nSPS) is 12.2. The number of pyridine rings is 2. The maximum atomic E-state index is 11.1. The van der Waals surface area contributed by atoms with Crippen molar-refractivity contribution < 1.29 is 14.3 Å². The van der Waals surface area contributed by atoms with Gasteiger partial charge in [-0.05, 0) is 13.0 Å². The van der Waals surface area contributed by atoms with Crippen LogP contribution in [0.25, 0.3) is 11.0 Å². The Balaban J connectivity index is 2.70. The lowest BCUT2D eigenvalue weighted by atomic mass is 10.1. The van der Waals surface area contributed by atoms with E-state index in [0.717, 1.165) is 0 Å². The zero-order valence-corrected chi connectivity index (χ0v) is 11.5. The van der Waals surface area contributed by atoms with Crippen LogP contribution in [0, 0.1) is 0 Å². The molecule has 0 aliphatic heterocycles. The van der Waals surface area contributed by atoms with Crippen LogP contribution in [0.4, 0.5) is 10.5 Å². The number of aromatic nitrogens is 2. The number of hydrogen-bond acceptors (Lipinski definition) is 5. The van der Waals surface area contributed by atoms with Gasteiger partial charge in [0.05, 0.1) is 30.6 Å². The molecule has 0 aliphatic rings.